The molecule has 0 aromatic heterocycles. The second-order valence-electron chi connectivity index (χ2n) is 6.94. The van der Waals surface area contributed by atoms with E-state index in [9.17, 15) is 4.79 Å². The molecule has 0 saturated carbocycles. The average Bonchev–Trinajstić information content (AvgIpc) is 2.64. The summed E-state index contributed by atoms with van der Waals surface area (Å²) in [6, 6.07) is 18.0. The third kappa shape index (κ3) is 3.91. The van der Waals surface area contributed by atoms with Gasteiger partial charge < -0.3 is 9.64 Å². The van der Waals surface area contributed by atoms with E-state index >= 15 is 0 Å². The normalized spacial score (nSPS) is 20.7. The van der Waals surface area contributed by atoms with Crippen LogP contribution >= 0.6 is 0 Å². The molecule has 2 aromatic rings. The third-order valence-electron chi connectivity index (χ3n) is 4.89. The number of carbonyl (C=O) groups excluding carboxylic acids is 1. The fourth-order valence-corrected chi connectivity index (χ4v) is 3.27. The van der Waals surface area contributed by atoms with Crippen LogP contribution in [0, 0.1) is 6.92 Å². The van der Waals surface area contributed by atoms with E-state index in [2.05, 4.69) is 36.1 Å². The summed E-state index contributed by atoms with van der Waals surface area (Å²) < 4.78 is 6.21. The van der Waals surface area contributed by atoms with Gasteiger partial charge >= 0.3 is 0 Å². The van der Waals surface area contributed by atoms with Crippen molar-refractivity contribution in [2.75, 3.05) is 33.8 Å². The minimum absolute atomic E-state index is 0.0685. The molecule has 1 saturated heterocycles. The van der Waals surface area contributed by atoms with Crippen LogP contribution in [0.3, 0.4) is 0 Å². The number of amides is 1. The predicted molar refractivity (Wildman–Crippen MR) is 99.6 cm³/mol. The molecule has 0 aliphatic carbocycles. The summed E-state index contributed by atoms with van der Waals surface area (Å²) in [5.41, 5.74) is 2.69. The number of rotatable bonds is 4. The first kappa shape index (κ1) is 17.6. The average molecular weight is 338 g/mol. The lowest BCUT2D eigenvalue weighted by Crippen LogP contribution is -2.61. The molecule has 1 aliphatic heterocycles. The highest BCUT2D eigenvalue weighted by Crippen LogP contribution is 2.26. The largest absolute Gasteiger partial charge is 0.356 e. The first-order chi connectivity index (χ1) is 12.0. The van der Waals surface area contributed by atoms with Crippen molar-refractivity contribution in [3.05, 3.63) is 71.3 Å². The number of aryl methyl sites for hydroxylation is 1. The van der Waals surface area contributed by atoms with Gasteiger partial charge in [-0.25, -0.2) is 0 Å². The van der Waals surface area contributed by atoms with Gasteiger partial charge in [0.25, 0.3) is 5.91 Å². The van der Waals surface area contributed by atoms with Gasteiger partial charge in [0.05, 0.1) is 13.2 Å². The highest BCUT2D eigenvalue weighted by molar-refractivity contribution is 5.94. The van der Waals surface area contributed by atoms with Crippen LogP contribution in [0.25, 0.3) is 0 Å². The Morgan fingerprint density at radius 2 is 1.80 bits per heavy atom. The first-order valence-electron chi connectivity index (χ1n) is 8.71. The van der Waals surface area contributed by atoms with Crippen molar-refractivity contribution in [2.24, 2.45) is 0 Å². The zero-order valence-electron chi connectivity index (χ0n) is 15.2. The Morgan fingerprint density at radius 1 is 1.12 bits per heavy atom. The zero-order valence-corrected chi connectivity index (χ0v) is 15.2. The van der Waals surface area contributed by atoms with Crippen molar-refractivity contribution in [1.82, 2.24) is 9.80 Å². The van der Waals surface area contributed by atoms with Crippen molar-refractivity contribution >= 4 is 5.91 Å². The molecule has 1 atom stereocenters. The second-order valence-corrected chi connectivity index (χ2v) is 6.94. The molecular weight excluding hydrogens is 312 g/mol. The maximum absolute atomic E-state index is 12.9. The lowest BCUT2D eigenvalue weighted by molar-refractivity contribution is -0.174. The van der Waals surface area contributed by atoms with Crippen LogP contribution in [0.5, 0.6) is 0 Å². The number of likely N-dealkylation sites (N-methyl/N-ethyl adjacent to an activating group) is 1. The molecule has 1 heterocycles. The summed E-state index contributed by atoms with van der Waals surface area (Å²) in [7, 11) is 4.04. The molecule has 0 N–H and O–H groups in total. The maximum Gasteiger partial charge on any atom is 0.254 e. The number of hydrogen-bond acceptors (Lipinski definition) is 3. The van der Waals surface area contributed by atoms with E-state index in [1.807, 2.05) is 49.3 Å². The monoisotopic (exact) mass is 338 g/mol. The molecule has 4 heteroatoms. The molecule has 1 aliphatic rings. The van der Waals surface area contributed by atoms with E-state index in [0.717, 1.165) is 12.0 Å². The minimum Gasteiger partial charge on any atom is -0.356 e. The molecule has 0 spiro atoms. The van der Waals surface area contributed by atoms with Gasteiger partial charge in [-0.3, -0.25) is 9.69 Å². The molecule has 1 amide bonds. The standard InChI is InChI=1S/C21H26N2O2/c1-17-9-11-18(12-10-17)15-21(22(2)3)16-23(13-14-25-21)20(24)19-7-5-4-6-8-19/h4-12H,13-16H2,1-3H3. The molecule has 2 aromatic carbocycles. The van der Waals surface area contributed by atoms with Crippen LogP contribution in [0.4, 0.5) is 0 Å². The zero-order chi connectivity index (χ0) is 17.9. The number of benzene rings is 2. The number of ether oxygens (including phenoxy) is 1. The van der Waals surface area contributed by atoms with Gasteiger partial charge in [-0.15, -0.1) is 0 Å². The van der Waals surface area contributed by atoms with Crippen LogP contribution in [-0.4, -0.2) is 55.2 Å². The molecule has 1 unspecified atom stereocenters. The summed E-state index contributed by atoms with van der Waals surface area (Å²) in [5.74, 6) is 0.0685. The van der Waals surface area contributed by atoms with Crippen LogP contribution in [0.2, 0.25) is 0 Å². The van der Waals surface area contributed by atoms with Gasteiger partial charge in [0, 0.05) is 18.5 Å². The fourth-order valence-electron chi connectivity index (χ4n) is 3.27. The Kier molecular flexibility index (Phi) is 5.21. The van der Waals surface area contributed by atoms with E-state index in [0.29, 0.717) is 19.7 Å². The van der Waals surface area contributed by atoms with E-state index in [1.165, 1.54) is 11.1 Å². The Bertz CT molecular complexity index is 712. The van der Waals surface area contributed by atoms with E-state index in [4.69, 9.17) is 4.74 Å². The van der Waals surface area contributed by atoms with Crippen LogP contribution in [0.1, 0.15) is 21.5 Å². The Balaban J connectivity index is 1.81. The van der Waals surface area contributed by atoms with Gasteiger partial charge in [-0.2, -0.15) is 0 Å². The predicted octanol–water partition coefficient (Wildman–Crippen LogP) is 2.97. The number of carbonyl (C=O) groups is 1. The van der Waals surface area contributed by atoms with E-state index in [1.54, 1.807) is 0 Å². The lowest BCUT2D eigenvalue weighted by Gasteiger charge is -2.46. The SMILES string of the molecule is Cc1ccc(CC2(N(C)C)CN(C(=O)c3ccccc3)CCO2)cc1. The molecule has 25 heavy (non-hydrogen) atoms. The van der Waals surface area contributed by atoms with Crippen LogP contribution in [0.15, 0.2) is 54.6 Å². The molecular formula is C21H26N2O2. The maximum atomic E-state index is 12.9. The number of morpholine rings is 1. The van der Waals surface area contributed by atoms with E-state index in [-0.39, 0.29) is 5.91 Å². The minimum atomic E-state index is -0.502. The van der Waals surface area contributed by atoms with Crippen LogP contribution in [-0.2, 0) is 11.2 Å². The van der Waals surface area contributed by atoms with E-state index < -0.39 is 5.72 Å². The fraction of sp³-hybridized carbons (Fsp3) is 0.381. The Hall–Kier alpha value is -2.17. The topological polar surface area (TPSA) is 32.8 Å². The second kappa shape index (κ2) is 7.38. The quantitative estimate of drug-likeness (QED) is 0.859. The summed E-state index contributed by atoms with van der Waals surface area (Å²) in [6.07, 6.45) is 0.749. The van der Waals surface area contributed by atoms with Gasteiger partial charge in [0.1, 0.15) is 5.72 Å². The third-order valence-corrected chi connectivity index (χ3v) is 4.89. The molecule has 132 valence electrons. The van der Waals surface area contributed by atoms with Crippen molar-refractivity contribution in [1.29, 1.82) is 0 Å². The summed E-state index contributed by atoms with van der Waals surface area (Å²) >= 11 is 0. The Labute approximate surface area is 150 Å². The van der Waals surface area contributed by atoms with Crippen LogP contribution < -0.4 is 0 Å². The summed E-state index contributed by atoms with van der Waals surface area (Å²) in [6.45, 7) is 3.81. The Morgan fingerprint density at radius 3 is 2.44 bits per heavy atom. The van der Waals surface area contributed by atoms with Crippen molar-refractivity contribution in [2.45, 2.75) is 19.1 Å². The lowest BCUT2D eigenvalue weighted by atomic mass is 9.98. The van der Waals surface area contributed by atoms with Gasteiger partial charge in [0.2, 0.25) is 0 Å². The number of nitrogens with zero attached hydrogens (tertiary/aromatic N) is 2. The molecule has 4 nitrogen and oxygen atoms in total. The molecule has 0 bridgehead atoms. The molecule has 0 radical (unpaired) electrons. The highest BCUT2D eigenvalue weighted by Gasteiger charge is 2.40. The van der Waals surface area contributed by atoms with Gasteiger partial charge in [-0.1, -0.05) is 48.0 Å². The van der Waals surface area contributed by atoms with Crippen molar-refractivity contribution in [3.63, 3.8) is 0 Å². The molecule has 3 rings (SSSR count). The smallest absolute Gasteiger partial charge is 0.254 e. The number of hydrogen-bond donors (Lipinski definition) is 0. The van der Waals surface area contributed by atoms with Crippen molar-refractivity contribution < 1.29 is 9.53 Å². The highest BCUT2D eigenvalue weighted by atomic mass is 16.5. The van der Waals surface area contributed by atoms with Crippen molar-refractivity contribution in [3.8, 4) is 0 Å². The van der Waals surface area contributed by atoms with Gasteiger partial charge in [-0.05, 0) is 38.7 Å². The summed E-state index contributed by atoms with van der Waals surface area (Å²) in [4.78, 5) is 16.9. The first-order valence-corrected chi connectivity index (χ1v) is 8.71. The molecule has 1 fully saturated rings. The summed E-state index contributed by atoms with van der Waals surface area (Å²) in [5, 5.41) is 0. The van der Waals surface area contributed by atoms with Gasteiger partial charge in [0.15, 0.2) is 0 Å².